The summed E-state index contributed by atoms with van der Waals surface area (Å²) in [7, 11) is 0. The summed E-state index contributed by atoms with van der Waals surface area (Å²) in [6, 6.07) is 0.215. The van der Waals surface area contributed by atoms with Gasteiger partial charge in [0, 0.05) is 12.5 Å². The van der Waals surface area contributed by atoms with Crippen LogP contribution >= 0.6 is 0 Å². The number of nitrogens with one attached hydrogen (secondary N) is 1. The number of nitrogens with zero attached hydrogens (tertiary/aromatic N) is 1. The second-order valence-corrected chi connectivity index (χ2v) is 2.93. The topological polar surface area (TPSA) is 93.5 Å². The Bertz CT molecular complexity index is 187. The molecule has 0 aromatic carbocycles. The summed E-state index contributed by atoms with van der Waals surface area (Å²) < 4.78 is 0. The number of carbonyl (C=O) groups excluding carboxylic acids is 1. The molecule has 1 unspecified atom stereocenters. The summed E-state index contributed by atoms with van der Waals surface area (Å²) in [6.07, 6.45) is 1.26. The normalized spacial score (nSPS) is 11.8. The third kappa shape index (κ3) is 7.11. The number of guanidine groups is 1. The van der Waals surface area contributed by atoms with Crippen molar-refractivity contribution in [1.29, 1.82) is 0 Å². The Hall–Kier alpha value is -1.26. The molecule has 76 valence electrons. The lowest BCUT2D eigenvalue weighted by atomic mass is 10.2. The van der Waals surface area contributed by atoms with Crippen LogP contribution in [0.4, 0.5) is 0 Å². The summed E-state index contributed by atoms with van der Waals surface area (Å²) in [5.74, 6) is 0.00990. The summed E-state index contributed by atoms with van der Waals surface area (Å²) in [6.45, 7) is 4.32. The first-order valence-corrected chi connectivity index (χ1v) is 4.41. The second kappa shape index (κ2) is 6.28. The van der Waals surface area contributed by atoms with E-state index in [1.807, 2.05) is 13.8 Å². The van der Waals surface area contributed by atoms with Crippen molar-refractivity contribution in [2.75, 3.05) is 6.54 Å². The predicted molar refractivity (Wildman–Crippen MR) is 53.2 cm³/mol. The van der Waals surface area contributed by atoms with Crippen molar-refractivity contribution < 1.29 is 4.79 Å². The maximum absolute atomic E-state index is 11.1. The van der Waals surface area contributed by atoms with Crippen LogP contribution in [0.25, 0.3) is 0 Å². The molecular weight excluding hydrogens is 168 g/mol. The molecule has 5 heteroatoms. The van der Waals surface area contributed by atoms with Gasteiger partial charge in [-0.3, -0.25) is 9.79 Å². The molecule has 0 radical (unpaired) electrons. The highest BCUT2D eigenvalue weighted by atomic mass is 16.1. The quantitative estimate of drug-likeness (QED) is 0.401. The van der Waals surface area contributed by atoms with Gasteiger partial charge >= 0.3 is 0 Å². The van der Waals surface area contributed by atoms with Gasteiger partial charge in [0.2, 0.25) is 5.91 Å². The Labute approximate surface area is 78.6 Å². The highest BCUT2D eigenvalue weighted by Crippen LogP contribution is 1.89. The fourth-order valence-electron chi connectivity index (χ4n) is 0.736. The molecule has 0 aliphatic heterocycles. The number of carbonyl (C=O) groups is 1. The molecule has 1 atom stereocenters. The van der Waals surface area contributed by atoms with Gasteiger partial charge in [-0.05, 0) is 13.3 Å². The van der Waals surface area contributed by atoms with Crippen molar-refractivity contribution in [3.05, 3.63) is 0 Å². The Morgan fingerprint density at radius 2 is 2.15 bits per heavy atom. The van der Waals surface area contributed by atoms with Gasteiger partial charge in [-0.25, -0.2) is 0 Å². The van der Waals surface area contributed by atoms with E-state index in [0.717, 1.165) is 6.42 Å². The molecule has 0 heterocycles. The number of aliphatic imine (C=N–C) groups is 1. The molecule has 0 saturated carbocycles. The second-order valence-electron chi connectivity index (χ2n) is 2.93. The van der Waals surface area contributed by atoms with E-state index >= 15 is 0 Å². The lowest BCUT2D eigenvalue weighted by molar-refractivity contribution is -0.121. The molecule has 0 aliphatic carbocycles. The molecule has 0 bridgehead atoms. The fourth-order valence-corrected chi connectivity index (χ4v) is 0.736. The van der Waals surface area contributed by atoms with Gasteiger partial charge in [0.25, 0.3) is 0 Å². The maximum atomic E-state index is 11.1. The van der Waals surface area contributed by atoms with E-state index in [4.69, 9.17) is 11.5 Å². The Balaban J connectivity index is 3.58. The predicted octanol–water partition coefficient (Wildman–Crippen LogP) is -0.435. The van der Waals surface area contributed by atoms with Crippen LogP contribution in [0, 0.1) is 0 Å². The molecule has 0 spiro atoms. The van der Waals surface area contributed by atoms with Crippen molar-refractivity contribution in [2.24, 2.45) is 16.5 Å². The highest BCUT2D eigenvalue weighted by molar-refractivity contribution is 5.78. The van der Waals surface area contributed by atoms with Gasteiger partial charge in [-0.1, -0.05) is 6.92 Å². The molecule has 0 rings (SSSR count). The standard InChI is InChI=1S/C8H18N4O/c1-3-6(2)12-7(13)4-5-11-8(9)10/h6H,3-5H2,1-2H3,(H,12,13)(H4,9,10,11). The van der Waals surface area contributed by atoms with E-state index in [1.54, 1.807) is 0 Å². The molecule has 0 saturated heterocycles. The Morgan fingerprint density at radius 1 is 1.54 bits per heavy atom. The molecule has 5 nitrogen and oxygen atoms in total. The smallest absolute Gasteiger partial charge is 0.222 e. The summed E-state index contributed by atoms with van der Waals surface area (Å²) in [5, 5.41) is 2.81. The molecule has 5 N–H and O–H groups in total. The zero-order valence-electron chi connectivity index (χ0n) is 8.21. The molecule has 0 aromatic heterocycles. The van der Waals surface area contributed by atoms with Crippen LogP contribution in [-0.2, 0) is 4.79 Å². The summed E-state index contributed by atoms with van der Waals surface area (Å²) in [5.41, 5.74) is 10.2. The van der Waals surface area contributed by atoms with Crippen molar-refractivity contribution in [3.63, 3.8) is 0 Å². The van der Waals surface area contributed by atoms with E-state index < -0.39 is 0 Å². The van der Waals surface area contributed by atoms with E-state index in [9.17, 15) is 4.79 Å². The number of hydrogen-bond acceptors (Lipinski definition) is 2. The third-order valence-corrected chi connectivity index (χ3v) is 1.65. The van der Waals surface area contributed by atoms with Crippen LogP contribution in [0.3, 0.4) is 0 Å². The maximum Gasteiger partial charge on any atom is 0.222 e. The zero-order valence-corrected chi connectivity index (χ0v) is 8.21. The SMILES string of the molecule is CCC(C)NC(=O)CCN=C(N)N. The van der Waals surface area contributed by atoms with E-state index in [1.165, 1.54) is 0 Å². The minimum atomic E-state index is -0.0145. The van der Waals surface area contributed by atoms with Gasteiger partial charge in [0.05, 0.1) is 6.54 Å². The molecule has 0 aliphatic rings. The summed E-state index contributed by atoms with van der Waals surface area (Å²) >= 11 is 0. The van der Waals surface area contributed by atoms with Crippen molar-refractivity contribution >= 4 is 11.9 Å². The van der Waals surface area contributed by atoms with Crippen LogP contribution in [0.2, 0.25) is 0 Å². The molecule has 13 heavy (non-hydrogen) atoms. The van der Waals surface area contributed by atoms with Crippen LogP contribution in [0.1, 0.15) is 26.7 Å². The van der Waals surface area contributed by atoms with Crippen LogP contribution < -0.4 is 16.8 Å². The lowest BCUT2D eigenvalue weighted by Crippen LogP contribution is -2.32. The fraction of sp³-hybridized carbons (Fsp3) is 0.750. The Kier molecular flexibility index (Phi) is 5.67. The van der Waals surface area contributed by atoms with Crippen LogP contribution in [0.15, 0.2) is 4.99 Å². The Morgan fingerprint density at radius 3 is 2.62 bits per heavy atom. The lowest BCUT2D eigenvalue weighted by Gasteiger charge is -2.10. The van der Waals surface area contributed by atoms with Gasteiger partial charge in [-0.15, -0.1) is 0 Å². The first kappa shape index (κ1) is 11.7. The van der Waals surface area contributed by atoms with Crippen LogP contribution in [-0.4, -0.2) is 24.5 Å². The summed E-state index contributed by atoms with van der Waals surface area (Å²) in [4.78, 5) is 14.8. The average molecular weight is 186 g/mol. The largest absolute Gasteiger partial charge is 0.370 e. The van der Waals surface area contributed by atoms with E-state index in [0.29, 0.717) is 13.0 Å². The number of nitrogens with two attached hydrogens (primary N) is 2. The average Bonchev–Trinajstić information content (AvgIpc) is 2.03. The highest BCUT2D eigenvalue weighted by Gasteiger charge is 2.03. The molecule has 0 aromatic rings. The van der Waals surface area contributed by atoms with Crippen molar-refractivity contribution in [1.82, 2.24) is 5.32 Å². The molecule has 1 amide bonds. The van der Waals surface area contributed by atoms with E-state index in [-0.39, 0.29) is 17.9 Å². The number of rotatable bonds is 5. The molecule has 0 fully saturated rings. The van der Waals surface area contributed by atoms with Gasteiger partial charge < -0.3 is 16.8 Å². The zero-order chi connectivity index (χ0) is 10.3. The molecular formula is C8H18N4O. The van der Waals surface area contributed by atoms with Crippen molar-refractivity contribution in [3.8, 4) is 0 Å². The minimum Gasteiger partial charge on any atom is -0.370 e. The van der Waals surface area contributed by atoms with Gasteiger partial charge in [-0.2, -0.15) is 0 Å². The van der Waals surface area contributed by atoms with Crippen LogP contribution in [0.5, 0.6) is 0 Å². The first-order chi connectivity index (χ1) is 6.06. The number of hydrogen-bond donors (Lipinski definition) is 3. The van der Waals surface area contributed by atoms with Crippen molar-refractivity contribution in [2.45, 2.75) is 32.7 Å². The van der Waals surface area contributed by atoms with E-state index in [2.05, 4.69) is 10.3 Å². The monoisotopic (exact) mass is 186 g/mol. The minimum absolute atomic E-state index is 0.0145. The third-order valence-electron chi connectivity index (χ3n) is 1.65. The van der Waals surface area contributed by atoms with Gasteiger partial charge in [0.15, 0.2) is 5.96 Å². The number of amides is 1. The first-order valence-electron chi connectivity index (χ1n) is 4.41. The van der Waals surface area contributed by atoms with Gasteiger partial charge in [0.1, 0.15) is 0 Å².